The second kappa shape index (κ2) is 6.70. The predicted octanol–water partition coefficient (Wildman–Crippen LogP) is 2.14. The van der Waals surface area contributed by atoms with Crippen molar-refractivity contribution in [1.82, 2.24) is 5.32 Å². The molecule has 0 heterocycles. The molecule has 0 amide bonds. The second-order valence-corrected chi connectivity index (χ2v) is 7.52. The molecule has 0 atom stereocenters. The van der Waals surface area contributed by atoms with Crippen molar-refractivity contribution in [1.29, 1.82) is 0 Å². The molecule has 0 unspecified atom stereocenters. The van der Waals surface area contributed by atoms with Crippen LogP contribution in [0.2, 0.25) is 0 Å². The van der Waals surface area contributed by atoms with Crippen molar-refractivity contribution in [3.63, 3.8) is 0 Å². The Kier molecular flexibility index (Phi) is 5.18. The fourth-order valence-electron chi connectivity index (χ4n) is 2.62. The molecular weight excluding hydrogens is 274 g/mol. The number of ether oxygens (including phenoxy) is 1. The minimum Gasteiger partial charge on any atom is -0.381 e. The van der Waals surface area contributed by atoms with Gasteiger partial charge in [-0.2, -0.15) is 0 Å². The van der Waals surface area contributed by atoms with Gasteiger partial charge in [0.15, 0.2) is 9.84 Å². The van der Waals surface area contributed by atoms with Crippen LogP contribution in [-0.2, 0) is 21.1 Å². The molecule has 1 aliphatic rings. The molecule has 0 bridgehead atoms. The summed E-state index contributed by atoms with van der Waals surface area (Å²) in [6.07, 6.45) is 6.15. The lowest BCUT2D eigenvalue weighted by Crippen LogP contribution is -2.34. The molecule has 20 heavy (non-hydrogen) atoms. The van der Waals surface area contributed by atoms with Crippen LogP contribution in [0.1, 0.15) is 31.2 Å². The standard InChI is InChI=1S/C15H23NO3S/c1-19-14-7-5-13(6-8-14)16-11-12-3-9-15(10-4-12)20(2,17)18/h3-4,9-10,13-14,16H,5-8,11H2,1-2H3. The van der Waals surface area contributed by atoms with Gasteiger partial charge in [0, 0.05) is 26.0 Å². The Balaban J connectivity index is 1.83. The summed E-state index contributed by atoms with van der Waals surface area (Å²) in [5, 5.41) is 3.54. The molecule has 4 nitrogen and oxygen atoms in total. The van der Waals surface area contributed by atoms with Gasteiger partial charge in [-0.05, 0) is 43.4 Å². The van der Waals surface area contributed by atoms with Gasteiger partial charge in [-0.3, -0.25) is 0 Å². The minimum atomic E-state index is -3.10. The molecule has 1 saturated carbocycles. The van der Waals surface area contributed by atoms with Crippen molar-refractivity contribution in [3.05, 3.63) is 29.8 Å². The van der Waals surface area contributed by atoms with Gasteiger partial charge in [-0.1, -0.05) is 12.1 Å². The van der Waals surface area contributed by atoms with E-state index < -0.39 is 9.84 Å². The number of rotatable bonds is 5. The largest absolute Gasteiger partial charge is 0.381 e. The van der Waals surface area contributed by atoms with Crippen LogP contribution in [0.3, 0.4) is 0 Å². The van der Waals surface area contributed by atoms with Crippen LogP contribution in [0, 0.1) is 0 Å². The summed E-state index contributed by atoms with van der Waals surface area (Å²) in [6, 6.07) is 7.65. The zero-order valence-electron chi connectivity index (χ0n) is 12.1. The molecule has 1 aliphatic carbocycles. The van der Waals surface area contributed by atoms with Gasteiger partial charge in [-0.25, -0.2) is 8.42 Å². The predicted molar refractivity (Wildman–Crippen MR) is 79.4 cm³/mol. The summed E-state index contributed by atoms with van der Waals surface area (Å²) < 4.78 is 28.1. The van der Waals surface area contributed by atoms with E-state index in [1.807, 2.05) is 12.1 Å². The summed E-state index contributed by atoms with van der Waals surface area (Å²) in [4.78, 5) is 0.377. The smallest absolute Gasteiger partial charge is 0.175 e. The monoisotopic (exact) mass is 297 g/mol. The van der Waals surface area contributed by atoms with E-state index >= 15 is 0 Å². The fraction of sp³-hybridized carbons (Fsp3) is 0.600. The van der Waals surface area contributed by atoms with E-state index in [1.54, 1.807) is 19.2 Å². The Morgan fingerprint density at radius 3 is 2.25 bits per heavy atom. The first-order chi connectivity index (χ1) is 9.49. The molecule has 5 heteroatoms. The van der Waals surface area contributed by atoms with Crippen LogP contribution in [0.15, 0.2) is 29.2 Å². The average Bonchev–Trinajstić information content (AvgIpc) is 2.45. The van der Waals surface area contributed by atoms with Crippen molar-refractivity contribution in [2.24, 2.45) is 0 Å². The van der Waals surface area contributed by atoms with Crippen LogP contribution in [0.25, 0.3) is 0 Å². The molecular formula is C15H23NO3S. The first-order valence-corrected chi connectivity index (χ1v) is 8.93. The Bertz CT molecular complexity index is 517. The molecule has 2 rings (SSSR count). The average molecular weight is 297 g/mol. The van der Waals surface area contributed by atoms with Crippen LogP contribution in [0.5, 0.6) is 0 Å². The van der Waals surface area contributed by atoms with E-state index in [1.165, 1.54) is 6.26 Å². The molecule has 1 fully saturated rings. The summed E-state index contributed by atoms with van der Waals surface area (Å²) in [7, 11) is -1.32. The first-order valence-electron chi connectivity index (χ1n) is 7.04. The van der Waals surface area contributed by atoms with Crippen LogP contribution in [-0.4, -0.2) is 33.9 Å². The highest BCUT2D eigenvalue weighted by atomic mass is 32.2. The van der Waals surface area contributed by atoms with Gasteiger partial charge in [0.2, 0.25) is 0 Å². The Morgan fingerprint density at radius 1 is 1.15 bits per heavy atom. The van der Waals surface area contributed by atoms with Gasteiger partial charge in [0.05, 0.1) is 11.0 Å². The lowest BCUT2D eigenvalue weighted by Gasteiger charge is -2.28. The Hall–Kier alpha value is -0.910. The van der Waals surface area contributed by atoms with E-state index in [2.05, 4.69) is 5.32 Å². The number of hydrogen-bond donors (Lipinski definition) is 1. The molecule has 0 saturated heterocycles. The summed E-state index contributed by atoms with van der Waals surface area (Å²) in [6.45, 7) is 0.784. The number of nitrogens with one attached hydrogen (secondary N) is 1. The highest BCUT2D eigenvalue weighted by Gasteiger charge is 2.20. The van der Waals surface area contributed by atoms with Gasteiger partial charge in [0.25, 0.3) is 0 Å². The molecule has 0 radical (unpaired) electrons. The third-order valence-electron chi connectivity index (χ3n) is 3.95. The van der Waals surface area contributed by atoms with E-state index in [4.69, 9.17) is 4.74 Å². The molecule has 0 spiro atoms. The van der Waals surface area contributed by atoms with Crippen LogP contribution >= 0.6 is 0 Å². The molecule has 1 aromatic carbocycles. The molecule has 112 valence electrons. The summed E-state index contributed by atoms with van der Waals surface area (Å²) in [5.74, 6) is 0. The summed E-state index contributed by atoms with van der Waals surface area (Å²) >= 11 is 0. The number of hydrogen-bond acceptors (Lipinski definition) is 4. The van der Waals surface area contributed by atoms with Crippen molar-refractivity contribution in [2.45, 2.75) is 49.3 Å². The Labute approximate surface area is 121 Å². The van der Waals surface area contributed by atoms with Crippen molar-refractivity contribution >= 4 is 9.84 Å². The van der Waals surface area contributed by atoms with E-state index in [0.29, 0.717) is 17.0 Å². The normalized spacial score (nSPS) is 23.7. The SMILES string of the molecule is COC1CCC(NCc2ccc(S(C)(=O)=O)cc2)CC1. The quantitative estimate of drug-likeness (QED) is 0.904. The highest BCUT2D eigenvalue weighted by molar-refractivity contribution is 7.90. The highest BCUT2D eigenvalue weighted by Crippen LogP contribution is 2.21. The molecule has 1 aromatic rings. The molecule has 0 aromatic heterocycles. The van der Waals surface area contributed by atoms with Gasteiger partial charge in [0.1, 0.15) is 0 Å². The van der Waals surface area contributed by atoms with Crippen molar-refractivity contribution in [2.75, 3.05) is 13.4 Å². The topological polar surface area (TPSA) is 55.4 Å². The first kappa shape index (κ1) is 15.5. The maximum atomic E-state index is 11.4. The third-order valence-corrected chi connectivity index (χ3v) is 5.08. The summed E-state index contributed by atoms with van der Waals surface area (Å²) in [5.41, 5.74) is 1.12. The van der Waals surface area contributed by atoms with Gasteiger partial charge in [-0.15, -0.1) is 0 Å². The van der Waals surface area contributed by atoms with Crippen LogP contribution < -0.4 is 5.32 Å². The maximum Gasteiger partial charge on any atom is 0.175 e. The molecule has 0 aliphatic heterocycles. The lowest BCUT2D eigenvalue weighted by molar-refractivity contribution is 0.0624. The fourth-order valence-corrected chi connectivity index (χ4v) is 3.25. The van der Waals surface area contributed by atoms with Crippen LogP contribution in [0.4, 0.5) is 0 Å². The Morgan fingerprint density at radius 2 is 1.75 bits per heavy atom. The van der Waals surface area contributed by atoms with Crippen molar-refractivity contribution in [3.8, 4) is 0 Å². The van der Waals surface area contributed by atoms with E-state index in [0.717, 1.165) is 37.8 Å². The number of methoxy groups -OCH3 is 1. The second-order valence-electron chi connectivity index (χ2n) is 5.51. The maximum absolute atomic E-state index is 11.4. The van der Waals surface area contributed by atoms with Crippen molar-refractivity contribution < 1.29 is 13.2 Å². The number of benzene rings is 1. The van der Waals surface area contributed by atoms with E-state index in [9.17, 15) is 8.42 Å². The van der Waals surface area contributed by atoms with Gasteiger partial charge >= 0.3 is 0 Å². The third kappa shape index (κ3) is 4.30. The zero-order valence-corrected chi connectivity index (χ0v) is 12.9. The minimum absolute atomic E-state index is 0.377. The molecule has 1 N–H and O–H groups in total. The zero-order chi connectivity index (χ0) is 14.6. The van der Waals surface area contributed by atoms with Gasteiger partial charge < -0.3 is 10.1 Å². The van der Waals surface area contributed by atoms with E-state index in [-0.39, 0.29) is 0 Å². The number of sulfone groups is 1. The lowest BCUT2D eigenvalue weighted by atomic mass is 9.93.